The summed E-state index contributed by atoms with van der Waals surface area (Å²) >= 11 is 3.51. The van der Waals surface area contributed by atoms with Gasteiger partial charge in [-0.05, 0) is 49.1 Å². The van der Waals surface area contributed by atoms with Crippen LogP contribution in [0, 0.1) is 0 Å². The molecule has 17 heavy (non-hydrogen) atoms. The fourth-order valence-corrected chi connectivity index (χ4v) is 2.57. The summed E-state index contributed by atoms with van der Waals surface area (Å²) in [5.74, 6) is 1.51. The maximum Gasteiger partial charge on any atom is 0.122 e. The number of hydrogen-bond donors (Lipinski definition) is 1. The minimum absolute atomic E-state index is 0.485. The van der Waals surface area contributed by atoms with Crippen LogP contribution in [0.2, 0.25) is 0 Å². The fraction of sp³-hybridized carbons (Fsp3) is 0.571. The molecule has 1 atom stereocenters. The van der Waals surface area contributed by atoms with Gasteiger partial charge in [0.2, 0.25) is 0 Å². The van der Waals surface area contributed by atoms with Crippen molar-refractivity contribution in [2.24, 2.45) is 0 Å². The van der Waals surface area contributed by atoms with E-state index >= 15 is 0 Å². The third-order valence-electron chi connectivity index (χ3n) is 3.20. The number of ether oxygens (including phenoxy) is 1. The van der Waals surface area contributed by atoms with Gasteiger partial charge in [-0.15, -0.1) is 0 Å². The molecule has 1 heterocycles. The molecule has 1 fully saturated rings. The largest absolute Gasteiger partial charge is 0.492 e. The van der Waals surface area contributed by atoms with Gasteiger partial charge in [0.1, 0.15) is 12.4 Å². The Hall–Kier alpha value is -0.540. The van der Waals surface area contributed by atoms with Gasteiger partial charge in [0.15, 0.2) is 0 Å². The highest BCUT2D eigenvalue weighted by Gasteiger charge is 2.16. The summed E-state index contributed by atoms with van der Waals surface area (Å²) in [6.07, 6.45) is 2.50. The van der Waals surface area contributed by atoms with Crippen molar-refractivity contribution in [2.45, 2.75) is 38.6 Å². The van der Waals surface area contributed by atoms with Crippen molar-refractivity contribution in [3.63, 3.8) is 0 Å². The van der Waals surface area contributed by atoms with Gasteiger partial charge in [-0.3, -0.25) is 0 Å². The van der Waals surface area contributed by atoms with Gasteiger partial charge in [0.25, 0.3) is 0 Å². The molecule has 0 aliphatic carbocycles. The van der Waals surface area contributed by atoms with E-state index < -0.39 is 0 Å². The van der Waals surface area contributed by atoms with Gasteiger partial charge in [0.05, 0.1) is 0 Å². The Morgan fingerprint density at radius 3 is 2.94 bits per heavy atom. The van der Waals surface area contributed by atoms with Crippen LogP contribution in [-0.2, 0) is 0 Å². The lowest BCUT2D eigenvalue weighted by Gasteiger charge is -2.17. The van der Waals surface area contributed by atoms with E-state index in [9.17, 15) is 0 Å². The third kappa shape index (κ3) is 3.46. The molecule has 3 heteroatoms. The van der Waals surface area contributed by atoms with E-state index in [-0.39, 0.29) is 0 Å². The van der Waals surface area contributed by atoms with Crippen LogP contribution in [0.5, 0.6) is 5.75 Å². The van der Waals surface area contributed by atoms with Crippen LogP contribution < -0.4 is 10.1 Å². The first-order valence-corrected chi connectivity index (χ1v) is 7.11. The van der Waals surface area contributed by atoms with Crippen molar-refractivity contribution in [1.29, 1.82) is 0 Å². The van der Waals surface area contributed by atoms with Crippen molar-refractivity contribution in [2.75, 3.05) is 13.2 Å². The van der Waals surface area contributed by atoms with E-state index in [0.29, 0.717) is 12.0 Å². The Morgan fingerprint density at radius 1 is 1.47 bits per heavy atom. The molecule has 2 rings (SSSR count). The van der Waals surface area contributed by atoms with Crippen molar-refractivity contribution >= 4 is 15.9 Å². The van der Waals surface area contributed by atoms with Gasteiger partial charge >= 0.3 is 0 Å². The molecule has 94 valence electrons. The maximum atomic E-state index is 5.95. The summed E-state index contributed by atoms with van der Waals surface area (Å²) in [6.45, 7) is 6.30. The van der Waals surface area contributed by atoms with Gasteiger partial charge in [-0.2, -0.15) is 0 Å². The minimum atomic E-state index is 0.485. The molecule has 0 amide bonds. The van der Waals surface area contributed by atoms with E-state index in [4.69, 9.17) is 4.74 Å². The zero-order chi connectivity index (χ0) is 12.3. The lowest BCUT2D eigenvalue weighted by molar-refractivity contribution is 0.274. The Labute approximate surface area is 112 Å². The molecule has 1 N–H and O–H groups in total. The predicted molar refractivity (Wildman–Crippen MR) is 74.8 cm³/mol. The molecule has 1 aliphatic heterocycles. The summed E-state index contributed by atoms with van der Waals surface area (Å²) in [6, 6.07) is 6.79. The monoisotopic (exact) mass is 297 g/mol. The SMILES string of the molecule is CC(C)c1cc(Br)ccc1OC[C@@H]1CCCN1. The Morgan fingerprint density at radius 2 is 2.29 bits per heavy atom. The average Bonchev–Trinajstić information content (AvgIpc) is 2.80. The van der Waals surface area contributed by atoms with Crippen LogP contribution in [0.15, 0.2) is 22.7 Å². The topological polar surface area (TPSA) is 21.3 Å². The molecule has 0 saturated carbocycles. The maximum absolute atomic E-state index is 5.95. The Kier molecular flexibility index (Phi) is 4.46. The van der Waals surface area contributed by atoms with Crippen LogP contribution in [-0.4, -0.2) is 19.2 Å². The molecule has 1 saturated heterocycles. The lowest BCUT2D eigenvalue weighted by Crippen LogP contribution is -2.28. The molecule has 0 radical (unpaired) electrons. The normalized spacial score (nSPS) is 19.9. The van der Waals surface area contributed by atoms with E-state index in [0.717, 1.165) is 23.4 Å². The van der Waals surface area contributed by atoms with Crippen LogP contribution >= 0.6 is 15.9 Å². The first-order valence-electron chi connectivity index (χ1n) is 6.32. The second kappa shape index (κ2) is 5.87. The standard InChI is InChI=1S/C14H20BrNO/c1-10(2)13-8-11(15)5-6-14(13)17-9-12-4-3-7-16-12/h5-6,8,10,12,16H,3-4,7,9H2,1-2H3/t12-/m0/s1. The smallest absolute Gasteiger partial charge is 0.122 e. The fourth-order valence-electron chi connectivity index (χ4n) is 2.19. The second-order valence-electron chi connectivity index (χ2n) is 4.94. The summed E-state index contributed by atoms with van der Waals surface area (Å²) < 4.78 is 7.07. The summed E-state index contributed by atoms with van der Waals surface area (Å²) in [5, 5.41) is 3.45. The molecule has 0 unspecified atom stereocenters. The number of hydrogen-bond acceptors (Lipinski definition) is 2. The third-order valence-corrected chi connectivity index (χ3v) is 3.69. The summed E-state index contributed by atoms with van der Waals surface area (Å²) in [4.78, 5) is 0. The van der Waals surface area contributed by atoms with Gasteiger partial charge in [-0.1, -0.05) is 29.8 Å². The second-order valence-corrected chi connectivity index (χ2v) is 5.86. The van der Waals surface area contributed by atoms with E-state index in [2.05, 4.69) is 47.2 Å². The molecule has 0 spiro atoms. The van der Waals surface area contributed by atoms with Crippen molar-refractivity contribution < 1.29 is 4.74 Å². The highest BCUT2D eigenvalue weighted by molar-refractivity contribution is 9.10. The van der Waals surface area contributed by atoms with E-state index in [1.54, 1.807) is 0 Å². The Bertz CT molecular complexity index is 372. The average molecular weight is 298 g/mol. The lowest BCUT2D eigenvalue weighted by atomic mass is 10.0. The molecule has 1 aromatic rings. The van der Waals surface area contributed by atoms with E-state index in [1.165, 1.54) is 18.4 Å². The number of halogens is 1. The van der Waals surface area contributed by atoms with Gasteiger partial charge in [-0.25, -0.2) is 0 Å². The Balaban J connectivity index is 2.03. The number of rotatable bonds is 4. The highest BCUT2D eigenvalue weighted by Crippen LogP contribution is 2.29. The molecule has 1 aromatic carbocycles. The van der Waals surface area contributed by atoms with Gasteiger partial charge in [0, 0.05) is 10.5 Å². The molecular formula is C14H20BrNO. The quantitative estimate of drug-likeness (QED) is 0.915. The minimum Gasteiger partial charge on any atom is -0.492 e. The molecular weight excluding hydrogens is 278 g/mol. The van der Waals surface area contributed by atoms with Crippen molar-refractivity contribution in [1.82, 2.24) is 5.32 Å². The van der Waals surface area contributed by atoms with Crippen LogP contribution in [0.3, 0.4) is 0 Å². The molecule has 1 aliphatic rings. The van der Waals surface area contributed by atoms with Crippen molar-refractivity contribution in [3.8, 4) is 5.75 Å². The molecule has 0 aromatic heterocycles. The first kappa shape index (κ1) is 12.9. The van der Waals surface area contributed by atoms with Crippen LogP contribution in [0.4, 0.5) is 0 Å². The van der Waals surface area contributed by atoms with E-state index in [1.807, 2.05) is 6.07 Å². The molecule has 2 nitrogen and oxygen atoms in total. The van der Waals surface area contributed by atoms with Crippen LogP contribution in [0.1, 0.15) is 38.2 Å². The summed E-state index contributed by atoms with van der Waals surface area (Å²) in [7, 11) is 0. The number of benzene rings is 1. The van der Waals surface area contributed by atoms with Gasteiger partial charge < -0.3 is 10.1 Å². The zero-order valence-corrected chi connectivity index (χ0v) is 12.1. The highest BCUT2D eigenvalue weighted by atomic mass is 79.9. The van der Waals surface area contributed by atoms with Crippen molar-refractivity contribution in [3.05, 3.63) is 28.2 Å². The molecule has 0 bridgehead atoms. The van der Waals surface area contributed by atoms with Crippen LogP contribution in [0.25, 0.3) is 0 Å². The zero-order valence-electron chi connectivity index (χ0n) is 10.5. The summed E-state index contributed by atoms with van der Waals surface area (Å²) in [5.41, 5.74) is 1.28. The first-order chi connectivity index (χ1) is 8.16. The number of nitrogens with one attached hydrogen (secondary N) is 1. The predicted octanol–water partition coefficient (Wildman–Crippen LogP) is 3.70.